The topological polar surface area (TPSA) is 84.2 Å². The summed E-state index contributed by atoms with van der Waals surface area (Å²) < 4.78 is 0. The summed E-state index contributed by atoms with van der Waals surface area (Å²) in [5.74, 6) is 0.884. The number of carbonyl (C=O) groups excluding carboxylic acids is 2. The lowest BCUT2D eigenvalue weighted by Crippen LogP contribution is -2.48. The molecule has 5 nitrogen and oxygen atoms in total. The van der Waals surface area contributed by atoms with Gasteiger partial charge in [0.05, 0.1) is 5.41 Å². The van der Waals surface area contributed by atoms with Crippen LogP contribution in [0, 0.1) is 11.3 Å². The van der Waals surface area contributed by atoms with Crippen molar-refractivity contribution in [1.82, 2.24) is 10.6 Å². The third-order valence-electron chi connectivity index (χ3n) is 4.91. The van der Waals surface area contributed by atoms with Gasteiger partial charge >= 0.3 is 0 Å². The molecule has 2 amide bonds. The molecule has 0 atom stereocenters. The van der Waals surface area contributed by atoms with Gasteiger partial charge in [0.1, 0.15) is 0 Å². The van der Waals surface area contributed by atoms with Crippen molar-refractivity contribution in [3.63, 3.8) is 0 Å². The number of nitrogens with two attached hydrogens (primary N) is 1. The van der Waals surface area contributed by atoms with E-state index >= 15 is 0 Å². The normalized spacial score (nSPS) is 29.0. The van der Waals surface area contributed by atoms with Gasteiger partial charge in [0, 0.05) is 25.6 Å². The smallest absolute Gasteiger partial charge is 0.227 e. The molecule has 2 aliphatic rings. The van der Waals surface area contributed by atoms with Crippen LogP contribution >= 0.6 is 0 Å². The van der Waals surface area contributed by atoms with E-state index in [1.165, 1.54) is 0 Å². The highest BCUT2D eigenvalue weighted by atomic mass is 16.2. The van der Waals surface area contributed by atoms with Crippen LogP contribution in [0.1, 0.15) is 58.3 Å². The zero-order valence-corrected chi connectivity index (χ0v) is 13.1. The summed E-state index contributed by atoms with van der Waals surface area (Å²) in [6.45, 7) is 3.22. The van der Waals surface area contributed by atoms with Crippen LogP contribution in [0.4, 0.5) is 0 Å². The Labute approximate surface area is 127 Å². The zero-order valence-electron chi connectivity index (χ0n) is 13.1. The van der Waals surface area contributed by atoms with E-state index < -0.39 is 0 Å². The average molecular weight is 295 g/mol. The van der Waals surface area contributed by atoms with Crippen molar-refractivity contribution in [3.8, 4) is 0 Å². The maximum Gasteiger partial charge on any atom is 0.227 e. The number of amides is 2. The molecular formula is C16H29N3O2. The number of carbonyl (C=O) groups is 2. The van der Waals surface area contributed by atoms with E-state index in [4.69, 9.17) is 5.73 Å². The molecule has 2 saturated carbocycles. The van der Waals surface area contributed by atoms with Gasteiger partial charge in [-0.3, -0.25) is 9.59 Å². The summed E-state index contributed by atoms with van der Waals surface area (Å²) in [6, 6.07) is 0.414. The molecule has 0 aromatic heterocycles. The molecular weight excluding hydrogens is 266 g/mol. The molecule has 0 aromatic carbocycles. The van der Waals surface area contributed by atoms with Gasteiger partial charge in [0.15, 0.2) is 0 Å². The summed E-state index contributed by atoms with van der Waals surface area (Å²) in [5, 5.41) is 5.94. The number of rotatable bonds is 7. The molecule has 120 valence electrons. The highest BCUT2D eigenvalue weighted by Gasteiger charge is 2.39. The van der Waals surface area contributed by atoms with Crippen molar-refractivity contribution in [1.29, 1.82) is 0 Å². The van der Waals surface area contributed by atoms with Gasteiger partial charge in [-0.2, -0.15) is 0 Å². The van der Waals surface area contributed by atoms with Crippen molar-refractivity contribution in [2.24, 2.45) is 17.1 Å². The predicted octanol–water partition coefficient (Wildman–Crippen LogP) is 1.32. The van der Waals surface area contributed by atoms with E-state index in [0.717, 1.165) is 38.5 Å². The molecule has 2 fully saturated rings. The Bertz CT molecular complexity index is 372. The van der Waals surface area contributed by atoms with Gasteiger partial charge < -0.3 is 16.4 Å². The van der Waals surface area contributed by atoms with Crippen molar-refractivity contribution in [3.05, 3.63) is 0 Å². The second-order valence-corrected chi connectivity index (χ2v) is 6.87. The van der Waals surface area contributed by atoms with E-state index in [9.17, 15) is 9.59 Å². The highest BCUT2D eigenvalue weighted by molar-refractivity contribution is 5.83. The standard InChI is InChI=1S/C16H29N3O2/c1-12-6-8-16(11-17,9-7-12)15(21)18-10-2-3-14(20)19-13-4-5-13/h12-13H,2-11,17H2,1H3,(H,18,21)(H,19,20). The summed E-state index contributed by atoms with van der Waals surface area (Å²) >= 11 is 0. The lowest BCUT2D eigenvalue weighted by Gasteiger charge is -2.37. The third kappa shape index (κ3) is 4.70. The monoisotopic (exact) mass is 295 g/mol. The van der Waals surface area contributed by atoms with Gasteiger partial charge in [0.25, 0.3) is 0 Å². The first kappa shape index (κ1) is 16.3. The molecule has 0 radical (unpaired) electrons. The number of hydrogen-bond acceptors (Lipinski definition) is 3. The first-order valence-corrected chi connectivity index (χ1v) is 8.33. The van der Waals surface area contributed by atoms with Gasteiger partial charge in [0.2, 0.25) is 11.8 Å². The van der Waals surface area contributed by atoms with Crippen LogP contribution in [0.2, 0.25) is 0 Å². The molecule has 4 N–H and O–H groups in total. The van der Waals surface area contributed by atoms with Gasteiger partial charge in [-0.1, -0.05) is 6.92 Å². The number of nitrogens with one attached hydrogen (secondary N) is 2. The van der Waals surface area contributed by atoms with E-state index in [2.05, 4.69) is 17.6 Å². The van der Waals surface area contributed by atoms with Crippen LogP contribution in [0.25, 0.3) is 0 Å². The van der Waals surface area contributed by atoms with Crippen molar-refractivity contribution < 1.29 is 9.59 Å². The molecule has 0 saturated heterocycles. The minimum Gasteiger partial charge on any atom is -0.356 e. The molecule has 0 unspecified atom stereocenters. The van der Waals surface area contributed by atoms with Gasteiger partial charge in [-0.25, -0.2) is 0 Å². The molecule has 2 rings (SSSR count). The maximum absolute atomic E-state index is 12.4. The van der Waals surface area contributed by atoms with Crippen molar-refractivity contribution >= 4 is 11.8 Å². The lowest BCUT2D eigenvalue weighted by atomic mass is 9.70. The first-order chi connectivity index (χ1) is 10.1. The number of hydrogen-bond donors (Lipinski definition) is 3. The quantitative estimate of drug-likeness (QED) is 0.619. The Hall–Kier alpha value is -1.10. The van der Waals surface area contributed by atoms with Crippen LogP contribution in [-0.4, -0.2) is 30.9 Å². The maximum atomic E-state index is 12.4. The van der Waals surface area contributed by atoms with Crippen LogP contribution in [0.5, 0.6) is 0 Å². The minimum absolute atomic E-state index is 0.0829. The fourth-order valence-corrected chi connectivity index (χ4v) is 3.00. The Morgan fingerprint density at radius 2 is 1.86 bits per heavy atom. The summed E-state index contributed by atoms with van der Waals surface area (Å²) in [6.07, 6.45) is 7.34. The Balaban J connectivity index is 1.66. The second-order valence-electron chi connectivity index (χ2n) is 6.87. The molecule has 21 heavy (non-hydrogen) atoms. The SMILES string of the molecule is CC1CCC(CN)(C(=O)NCCCC(=O)NC2CC2)CC1. The van der Waals surface area contributed by atoms with Crippen LogP contribution < -0.4 is 16.4 Å². The fourth-order valence-electron chi connectivity index (χ4n) is 3.00. The van der Waals surface area contributed by atoms with Crippen LogP contribution in [-0.2, 0) is 9.59 Å². The van der Waals surface area contributed by atoms with E-state index in [1.807, 2.05) is 0 Å². The summed E-state index contributed by atoms with van der Waals surface area (Å²) in [7, 11) is 0. The molecule has 0 spiro atoms. The highest BCUT2D eigenvalue weighted by Crippen LogP contribution is 2.38. The average Bonchev–Trinajstić information content (AvgIpc) is 3.28. The molecule has 2 aliphatic carbocycles. The molecule has 0 aliphatic heterocycles. The molecule has 0 aromatic rings. The molecule has 0 bridgehead atoms. The molecule has 5 heteroatoms. The second kappa shape index (κ2) is 7.25. The first-order valence-electron chi connectivity index (χ1n) is 8.33. The van der Waals surface area contributed by atoms with Crippen molar-refractivity contribution in [2.45, 2.75) is 64.3 Å². The van der Waals surface area contributed by atoms with Gasteiger partial charge in [-0.15, -0.1) is 0 Å². The van der Waals surface area contributed by atoms with E-state index in [-0.39, 0.29) is 17.2 Å². The summed E-state index contributed by atoms with van der Waals surface area (Å²) in [5.41, 5.74) is 5.50. The predicted molar refractivity (Wildman–Crippen MR) is 82.5 cm³/mol. The Kier molecular flexibility index (Phi) is 5.62. The van der Waals surface area contributed by atoms with Gasteiger partial charge in [-0.05, 0) is 50.9 Å². The molecule has 0 heterocycles. The van der Waals surface area contributed by atoms with Crippen LogP contribution in [0.3, 0.4) is 0 Å². The fraction of sp³-hybridized carbons (Fsp3) is 0.875. The van der Waals surface area contributed by atoms with Crippen LogP contribution in [0.15, 0.2) is 0 Å². The third-order valence-corrected chi connectivity index (χ3v) is 4.91. The van der Waals surface area contributed by atoms with E-state index in [1.54, 1.807) is 0 Å². The Morgan fingerprint density at radius 1 is 1.19 bits per heavy atom. The zero-order chi connectivity index (χ0) is 15.3. The van der Waals surface area contributed by atoms with E-state index in [0.29, 0.717) is 37.9 Å². The minimum atomic E-state index is -0.372. The largest absolute Gasteiger partial charge is 0.356 e. The lowest BCUT2D eigenvalue weighted by molar-refractivity contribution is -0.133. The van der Waals surface area contributed by atoms with Crippen molar-refractivity contribution in [2.75, 3.05) is 13.1 Å². The summed E-state index contributed by atoms with van der Waals surface area (Å²) in [4.78, 5) is 23.9. The Morgan fingerprint density at radius 3 is 2.43 bits per heavy atom.